The number of nitrogens with zero attached hydrogens (tertiary/aromatic N) is 6. The van der Waals surface area contributed by atoms with Gasteiger partial charge in [-0.1, -0.05) is 18.2 Å². The van der Waals surface area contributed by atoms with E-state index in [9.17, 15) is 18.9 Å². The number of ether oxygens (including phenoxy) is 1. The minimum atomic E-state index is -3.26. The molecule has 2 unspecified atom stereocenters. The van der Waals surface area contributed by atoms with Crippen LogP contribution in [0, 0.1) is 22.7 Å². The lowest BCUT2D eigenvalue weighted by atomic mass is 9.91. The highest BCUT2D eigenvalue weighted by Gasteiger charge is 2.39. The van der Waals surface area contributed by atoms with E-state index in [-0.39, 0.29) is 23.4 Å². The van der Waals surface area contributed by atoms with E-state index >= 15 is 0 Å². The summed E-state index contributed by atoms with van der Waals surface area (Å²) in [5, 5.41) is 19.3. The third kappa shape index (κ3) is 3.92. The highest BCUT2D eigenvalue weighted by Crippen LogP contribution is 2.50. The predicted molar refractivity (Wildman–Crippen MR) is 130 cm³/mol. The monoisotopic (exact) mass is 486 g/mol. The second kappa shape index (κ2) is 8.90. The van der Waals surface area contributed by atoms with Crippen molar-refractivity contribution < 1.29 is 13.2 Å². The largest absolute Gasteiger partial charge is 0.436 e. The molecule has 0 spiro atoms. The first-order valence-corrected chi connectivity index (χ1v) is 12.9. The van der Waals surface area contributed by atoms with Crippen molar-refractivity contribution in [2.24, 2.45) is 0 Å². The lowest BCUT2D eigenvalue weighted by molar-refractivity contribution is 0.458. The molecule has 0 radical (unpaired) electrons. The van der Waals surface area contributed by atoms with E-state index in [1.807, 2.05) is 49.4 Å². The SMILES string of the molecule is CCN1c2cc(Oc3nccnc3C#N)ccc2C(C#N)C1c1ccc(N2CCCS2(=O)=O)cc1. The zero-order valence-electron chi connectivity index (χ0n) is 19.0. The van der Waals surface area contributed by atoms with Gasteiger partial charge in [0.1, 0.15) is 11.8 Å². The van der Waals surface area contributed by atoms with Crippen LogP contribution in [0.3, 0.4) is 0 Å². The first-order chi connectivity index (χ1) is 17.0. The molecule has 2 aliphatic heterocycles. The molecule has 176 valence electrons. The molecule has 0 N–H and O–H groups in total. The van der Waals surface area contributed by atoms with Crippen molar-refractivity contribution in [3.05, 3.63) is 71.7 Å². The van der Waals surface area contributed by atoms with Crippen LogP contribution in [-0.4, -0.2) is 37.2 Å². The number of likely N-dealkylation sites (N-methyl/N-ethyl adjacent to an activating group) is 1. The summed E-state index contributed by atoms with van der Waals surface area (Å²) in [6.45, 7) is 3.16. The number of sulfonamides is 1. The molecule has 9 nitrogen and oxygen atoms in total. The molecular weight excluding hydrogens is 464 g/mol. The summed E-state index contributed by atoms with van der Waals surface area (Å²) < 4.78 is 31.9. The zero-order chi connectivity index (χ0) is 24.6. The summed E-state index contributed by atoms with van der Waals surface area (Å²) in [7, 11) is -3.26. The van der Waals surface area contributed by atoms with Crippen molar-refractivity contribution in [3.8, 4) is 23.8 Å². The maximum Gasteiger partial charge on any atom is 0.256 e. The lowest BCUT2D eigenvalue weighted by Gasteiger charge is -2.28. The Bertz CT molecular complexity index is 1460. The van der Waals surface area contributed by atoms with Crippen molar-refractivity contribution in [3.63, 3.8) is 0 Å². The summed E-state index contributed by atoms with van der Waals surface area (Å²) >= 11 is 0. The molecule has 0 aliphatic carbocycles. The third-order valence-corrected chi connectivity index (χ3v) is 8.25. The first-order valence-electron chi connectivity index (χ1n) is 11.3. The maximum absolute atomic E-state index is 12.3. The Hall–Kier alpha value is -4.15. The highest BCUT2D eigenvalue weighted by atomic mass is 32.2. The lowest BCUT2D eigenvalue weighted by Crippen LogP contribution is -2.27. The van der Waals surface area contributed by atoms with E-state index in [4.69, 9.17) is 4.74 Å². The van der Waals surface area contributed by atoms with E-state index in [2.05, 4.69) is 20.9 Å². The van der Waals surface area contributed by atoms with Gasteiger partial charge in [0.05, 0.1) is 29.5 Å². The van der Waals surface area contributed by atoms with Crippen molar-refractivity contribution in [2.45, 2.75) is 25.3 Å². The van der Waals surface area contributed by atoms with Gasteiger partial charge in [0.15, 0.2) is 0 Å². The second-order valence-electron chi connectivity index (χ2n) is 8.32. The molecule has 0 saturated carbocycles. The Kier molecular flexibility index (Phi) is 5.75. The molecule has 2 aliphatic rings. The van der Waals surface area contributed by atoms with Crippen LogP contribution in [-0.2, 0) is 10.0 Å². The number of hydrogen-bond donors (Lipinski definition) is 0. The van der Waals surface area contributed by atoms with Gasteiger partial charge in [-0.25, -0.2) is 18.4 Å². The fourth-order valence-corrected chi connectivity index (χ4v) is 6.40. The van der Waals surface area contributed by atoms with Gasteiger partial charge in [-0.3, -0.25) is 4.31 Å². The van der Waals surface area contributed by atoms with Crippen molar-refractivity contribution in [1.82, 2.24) is 9.97 Å². The van der Waals surface area contributed by atoms with E-state index in [1.165, 1.54) is 16.7 Å². The number of fused-ring (bicyclic) bond motifs is 1. The van der Waals surface area contributed by atoms with E-state index in [0.29, 0.717) is 30.9 Å². The number of aromatic nitrogens is 2. The van der Waals surface area contributed by atoms with Gasteiger partial charge in [-0.2, -0.15) is 10.5 Å². The summed E-state index contributed by atoms with van der Waals surface area (Å²) in [4.78, 5) is 10.2. The van der Waals surface area contributed by atoms with E-state index in [1.54, 1.807) is 6.07 Å². The minimum Gasteiger partial charge on any atom is -0.436 e. The van der Waals surface area contributed by atoms with Crippen molar-refractivity contribution in [2.75, 3.05) is 28.0 Å². The van der Waals surface area contributed by atoms with Crippen LogP contribution in [0.2, 0.25) is 0 Å². The van der Waals surface area contributed by atoms with Crippen LogP contribution in [0.1, 0.15) is 42.1 Å². The molecule has 0 amide bonds. The summed E-state index contributed by atoms with van der Waals surface area (Å²) in [6.07, 6.45) is 3.51. The fourth-order valence-electron chi connectivity index (χ4n) is 4.83. The summed E-state index contributed by atoms with van der Waals surface area (Å²) in [6, 6.07) is 17.1. The Labute approximate surface area is 203 Å². The predicted octanol–water partition coefficient (Wildman–Crippen LogP) is 3.87. The number of benzene rings is 2. The van der Waals surface area contributed by atoms with Gasteiger partial charge in [0.25, 0.3) is 5.88 Å². The van der Waals surface area contributed by atoms with Gasteiger partial charge < -0.3 is 9.64 Å². The van der Waals surface area contributed by atoms with Gasteiger partial charge in [-0.05, 0) is 42.7 Å². The molecule has 1 saturated heterocycles. The Morgan fingerprint density at radius 1 is 1.11 bits per heavy atom. The second-order valence-corrected chi connectivity index (χ2v) is 10.3. The minimum absolute atomic E-state index is 0.0910. The van der Waals surface area contributed by atoms with Crippen LogP contribution in [0.25, 0.3) is 0 Å². The molecule has 35 heavy (non-hydrogen) atoms. The van der Waals surface area contributed by atoms with Gasteiger partial charge >= 0.3 is 0 Å². The van der Waals surface area contributed by atoms with Crippen LogP contribution >= 0.6 is 0 Å². The molecule has 5 rings (SSSR count). The third-order valence-electron chi connectivity index (χ3n) is 6.38. The molecule has 2 atom stereocenters. The normalized spacial score (nSPS) is 20.2. The maximum atomic E-state index is 12.3. The number of anilines is 2. The Morgan fingerprint density at radius 3 is 2.54 bits per heavy atom. The standard InChI is InChI=1S/C25H22N6O3S/c1-2-30-23-14-19(34-25-22(16-27)28-10-11-29-25)8-9-20(23)21(15-26)24(30)17-4-6-18(7-5-17)31-12-3-13-35(31,32)33/h4-11,14,21,24H,2-3,12-13H2,1H3. The molecule has 10 heteroatoms. The topological polar surface area (TPSA) is 123 Å². The smallest absolute Gasteiger partial charge is 0.256 e. The average molecular weight is 487 g/mol. The molecular formula is C25H22N6O3S. The number of hydrogen-bond acceptors (Lipinski definition) is 8. The van der Waals surface area contributed by atoms with Crippen LogP contribution in [0.5, 0.6) is 11.6 Å². The fraction of sp³-hybridized carbons (Fsp3) is 0.280. The Morgan fingerprint density at radius 2 is 1.89 bits per heavy atom. The molecule has 0 bridgehead atoms. The number of rotatable bonds is 5. The summed E-state index contributed by atoms with van der Waals surface area (Å²) in [5.74, 6) is 0.372. The van der Waals surface area contributed by atoms with E-state index < -0.39 is 15.9 Å². The van der Waals surface area contributed by atoms with E-state index in [0.717, 1.165) is 16.8 Å². The molecule has 1 fully saturated rings. The van der Waals surface area contributed by atoms with Crippen molar-refractivity contribution in [1.29, 1.82) is 10.5 Å². The van der Waals surface area contributed by atoms with Gasteiger partial charge in [0.2, 0.25) is 15.7 Å². The Balaban J connectivity index is 1.47. The molecule has 1 aromatic heterocycles. The zero-order valence-corrected chi connectivity index (χ0v) is 19.8. The molecule has 2 aromatic carbocycles. The first kappa shape index (κ1) is 22.6. The highest BCUT2D eigenvalue weighted by molar-refractivity contribution is 7.93. The van der Waals surface area contributed by atoms with Crippen LogP contribution in [0.15, 0.2) is 54.9 Å². The average Bonchev–Trinajstić information content (AvgIpc) is 3.39. The number of nitriles is 2. The summed E-state index contributed by atoms with van der Waals surface area (Å²) in [5.41, 5.74) is 3.42. The van der Waals surface area contributed by atoms with Crippen LogP contribution < -0.4 is 13.9 Å². The quantitative estimate of drug-likeness (QED) is 0.532. The van der Waals surface area contributed by atoms with Gasteiger partial charge in [0, 0.05) is 37.2 Å². The van der Waals surface area contributed by atoms with Crippen molar-refractivity contribution >= 4 is 21.4 Å². The van der Waals surface area contributed by atoms with Gasteiger partial charge in [-0.15, -0.1) is 0 Å². The molecule has 3 heterocycles. The molecule has 3 aromatic rings. The van der Waals surface area contributed by atoms with Crippen LogP contribution in [0.4, 0.5) is 11.4 Å².